The minimum Gasteiger partial charge on any atom is -0.372 e. The van der Waals surface area contributed by atoms with E-state index in [1.54, 1.807) is 0 Å². The SMILES string of the molecule is NCC(F)(F)COC1CC1. The lowest BCUT2D eigenvalue weighted by molar-refractivity contribution is -0.0741. The molecule has 2 N–H and O–H groups in total. The van der Waals surface area contributed by atoms with Gasteiger partial charge in [-0.1, -0.05) is 0 Å². The molecule has 1 aliphatic carbocycles. The Morgan fingerprint density at radius 2 is 2.10 bits per heavy atom. The molecule has 0 unspecified atom stereocenters. The van der Waals surface area contributed by atoms with Crippen LogP contribution >= 0.6 is 0 Å². The zero-order chi connectivity index (χ0) is 7.61. The van der Waals surface area contributed by atoms with Crippen molar-refractivity contribution < 1.29 is 13.5 Å². The molecule has 60 valence electrons. The molecule has 1 rings (SSSR count). The maximum absolute atomic E-state index is 12.3. The van der Waals surface area contributed by atoms with Gasteiger partial charge in [0, 0.05) is 0 Å². The largest absolute Gasteiger partial charge is 0.372 e. The second-order valence-corrected chi connectivity index (χ2v) is 2.57. The van der Waals surface area contributed by atoms with Crippen LogP contribution in [0, 0.1) is 0 Å². The molecule has 0 heterocycles. The molecule has 0 spiro atoms. The Kier molecular flexibility index (Phi) is 2.21. The summed E-state index contributed by atoms with van der Waals surface area (Å²) in [6.45, 7) is -1.14. The second kappa shape index (κ2) is 2.80. The molecule has 2 nitrogen and oxygen atoms in total. The quantitative estimate of drug-likeness (QED) is 0.643. The van der Waals surface area contributed by atoms with Crippen LogP contribution in [0.2, 0.25) is 0 Å². The molecule has 1 saturated carbocycles. The van der Waals surface area contributed by atoms with Gasteiger partial charge in [0.05, 0.1) is 12.6 Å². The van der Waals surface area contributed by atoms with Gasteiger partial charge in [0.15, 0.2) is 0 Å². The van der Waals surface area contributed by atoms with Gasteiger partial charge in [0.1, 0.15) is 6.61 Å². The highest BCUT2D eigenvalue weighted by molar-refractivity contribution is 4.75. The van der Waals surface area contributed by atoms with E-state index in [0.717, 1.165) is 12.8 Å². The molecular weight excluding hydrogens is 140 g/mol. The van der Waals surface area contributed by atoms with Crippen LogP contribution in [0.4, 0.5) is 8.78 Å². The second-order valence-electron chi connectivity index (χ2n) is 2.57. The van der Waals surface area contributed by atoms with Gasteiger partial charge < -0.3 is 10.5 Å². The van der Waals surface area contributed by atoms with Crippen LogP contribution in [-0.2, 0) is 4.74 Å². The molecule has 0 saturated heterocycles. The minimum absolute atomic E-state index is 0.0809. The number of hydrogen-bond donors (Lipinski definition) is 1. The van der Waals surface area contributed by atoms with Gasteiger partial charge in [-0.3, -0.25) is 0 Å². The van der Waals surface area contributed by atoms with E-state index in [0.29, 0.717) is 0 Å². The molecule has 0 amide bonds. The highest BCUT2D eigenvalue weighted by atomic mass is 19.3. The van der Waals surface area contributed by atoms with Crippen molar-refractivity contribution in [3.8, 4) is 0 Å². The first-order valence-corrected chi connectivity index (χ1v) is 3.33. The third-order valence-corrected chi connectivity index (χ3v) is 1.35. The molecule has 1 aliphatic rings. The van der Waals surface area contributed by atoms with Gasteiger partial charge in [-0.05, 0) is 12.8 Å². The Bertz CT molecular complexity index is 114. The normalized spacial score (nSPS) is 19.5. The maximum atomic E-state index is 12.3. The van der Waals surface area contributed by atoms with Crippen molar-refractivity contribution in [2.24, 2.45) is 5.73 Å². The summed E-state index contributed by atoms with van der Waals surface area (Å²) in [6.07, 6.45) is 1.92. The van der Waals surface area contributed by atoms with E-state index in [-0.39, 0.29) is 6.10 Å². The lowest BCUT2D eigenvalue weighted by atomic mass is 10.4. The standard InChI is InChI=1S/C6H11F2NO/c7-6(8,3-9)4-10-5-1-2-5/h5H,1-4,9H2. The van der Waals surface area contributed by atoms with E-state index in [1.807, 2.05) is 0 Å². The lowest BCUT2D eigenvalue weighted by Gasteiger charge is -2.12. The van der Waals surface area contributed by atoms with Gasteiger partial charge in [-0.2, -0.15) is 0 Å². The Labute approximate surface area is 58.3 Å². The predicted octanol–water partition coefficient (Wildman–Crippen LogP) is 0.759. The third-order valence-electron chi connectivity index (χ3n) is 1.35. The maximum Gasteiger partial charge on any atom is 0.282 e. The zero-order valence-corrected chi connectivity index (χ0v) is 5.65. The van der Waals surface area contributed by atoms with Crippen LogP contribution < -0.4 is 5.73 Å². The first-order chi connectivity index (χ1) is 4.64. The summed E-state index contributed by atoms with van der Waals surface area (Å²) in [7, 11) is 0. The lowest BCUT2D eigenvalue weighted by Crippen LogP contribution is -2.33. The Balaban J connectivity index is 2.09. The van der Waals surface area contributed by atoms with Crippen molar-refractivity contribution >= 4 is 0 Å². The summed E-state index contributed by atoms with van der Waals surface area (Å²) in [5.74, 6) is -2.83. The van der Waals surface area contributed by atoms with Crippen molar-refractivity contribution in [2.75, 3.05) is 13.2 Å². The monoisotopic (exact) mass is 151 g/mol. The summed E-state index contributed by atoms with van der Waals surface area (Å²) >= 11 is 0. The van der Waals surface area contributed by atoms with Gasteiger partial charge in [0.25, 0.3) is 5.92 Å². The fourth-order valence-electron chi connectivity index (χ4n) is 0.533. The number of rotatable bonds is 4. The van der Waals surface area contributed by atoms with Crippen LogP contribution in [0.25, 0.3) is 0 Å². The fraction of sp³-hybridized carbons (Fsp3) is 1.00. The fourth-order valence-corrected chi connectivity index (χ4v) is 0.533. The molecule has 0 bridgehead atoms. The number of halogens is 2. The molecular formula is C6H11F2NO. The number of ether oxygens (including phenoxy) is 1. The van der Waals surface area contributed by atoms with Gasteiger partial charge in [-0.15, -0.1) is 0 Å². The number of alkyl halides is 2. The first-order valence-electron chi connectivity index (χ1n) is 3.33. The van der Waals surface area contributed by atoms with E-state index in [4.69, 9.17) is 10.5 Å². The van der Waals surface area contributed by atoms with Crippen molar-refractivity contribution in [1.82, 2.24) is 0 Å². The van der Waals surface area contributed by atoms with Gasteiger partial charge in [-0.25, -0.2) is 8.78 Å². The number of nitrogens with two attached hydrogens (primary N) is 1. The Morgan fingerprint density at radius 3 is 2.50 bits per heavy atom. The van der Waals surface area contributed by atoms with Gasteiger partial charge in [0.2, 0.25) is 0 Å². The summed E-state index contributed by atoms with van der Waals surface area (Å²) in [5.41, 5.74) is 4.78. The summed E-state index contributed by atoms with van der Waals surface area (Å²) in [5, 5.41) is 0. The Morgan fingerprint density at radius 1 is 1.50 bits per heavy atom. The molecule has 0 aromatic rings. The minimum atomic E-state index is -2.83. The van der Waals surface area contributed by atoms with E-state index < -0.39 is 19.1 Å². The van der Waals surface area contributed by atoms with Crippen LogP contribution in [0.1, 0.15) is 12.8 Å². The van der Waals surface area contributed by atoms with Crippen LogP contribution in [0.5, 0.6) is 0 Å². The van der Waals surface area contributed by atoms with Crippen molar-refractivity contribution in [3.63, 3.8) is 0 Å². The van der Waals surface area contributed by atoms with E-state index in [1.165, 1.54) is 0 Å². The van der Waals surface area contributed by atoms with E-state index in [2.05, 4.69) is 0 Å². The average molecular weight is 151 g/mol. The highest BCUT2D eigenvalue weighted by Gasteiger charge is 2.31. The van der Waals surface area contributed by atoms with Crippen LogP contribution in [-0.4, -0.2) is 25.2 Å². The number of hydrogen-bond acceptors (Lipinski definition) is 2. The van der Waals surface area contributed by atoms with Crippen molar-refractivity contribution in [3.05, 3.63) is 0 Å². The van der Waals surface area contributed by atoms with Crippen molar-refractivity contribution in [2.45, 2.75) is 24.9 Å². The topological polar surface area (TPSA) is 35.2 Å². The predicted molar refractivity (Wildman–Crippen MR) is 33.0 cm³/mol. The third kappa shape index (κ3) is 2.58. The molecule has 0 aromatic heterocycles. The molecule has 0 aliphatic heterocycles. The van der Waals surface area contributed by atoms with Crippen molar-refractivity contribution in [1.29, 1.82) is 0 Å². The highest BCUT2D eigenvalue weighted by Crippen LogP contribution is 2.25. The average Bonchev–Trinajstić information content (AvgIpc) is 2.66. The summed E-state index contributed by atoms with van der Waals surface area (Å²) < 4.78 is 29.4. The summed E-state index contributed by atoms with van der Waals surface area (Å²) in [4.78, 5) is 0. The molecule has 0 radical (unpaired) electrons. The van der Waals surface area contributed by atoms with Crippen LogP contribution in [0.15, 0.2) is 0 Å². The summed E-state index contributed by atoms with van der Waals surface area (Å²) in [6, 6.07) is 0. The molecule has 4 heteroatoms. The van der Waals surface area contributed by atoms with E-state index >= 15 is 0 Å². The smallest absolute Gasteiger partial charge is 0.282 e. The Hall–Kier alpha value is -0.220. The van der Waals surface area contributed by atoms with E-state index in [9.17, 15) is 8.78 Å². The van der Waals surface area contributed by atoms with Crippen LogP contribution in [0.3, 0.4) is 0 Å². The molecule has 0 aromatic carbocycles. The molecule has 0 atom stereocenters. The molecule has 10 heavy (non-hydrogen) atoms. The zero-order valence-electron chi connectivity index (χ0n) is 5.65. The van der Waals surface area contributed by atoms with Gasteiger partial charge >= 0.3 is 0 Å². The molecule has 1 fully saturated rings. The first kappa shape index (κ1) is 7.88.